The van der Waals surface area contributed by atoms with Crippen molar-refractivity contribution in [2.24, 2.45) is 0 Å². The molecule has 0 atom stereocenters. The molecule has 3 aromatic rings. The first kappa shape index (κ1) is 16.6. The molecule has 0 bridgehead atoms. The van der Waals surface area contributed by atoms with Gasteiger partial charge >= 0.3 is 5.76 Å². The third-order valence-corrected chi connectivity index (χ3v) is 4.94. The van der Waals surface area contributed by atoms with E-state index in [9.17, 15) is 9.59 Å². The molecule has 0 N–H and O–H groups in total. The maximum Gasteiger partial charge on any atom is 0.437 e. The molecule has 1 aliphatic rings. The van der Waals surface area contributed by atoms with Crippen molar-refractivity contribution >= 4 is 5.78 Å². The lowest BCUT2D eigenvalue weighted by molar-refractivity contribution is 0.0965. The SMILES string of the molecule is O=C(Cn1nc(-c2ccco2)oc1=O)c1ccc(C2CCCCC2)cc1. The minimum atomic E-state index is -0.677. The first-order valence-corrected chi connectivity index (χ1v) is 8.96. The van der Waals surface area contributed by atoms with Crippen LogP contribution in [0.5, 0.6) is 0 Å². The van der Waals surface area contributed by atoms with Gasteiger partial charge in [-0.3, -0.25) is 4.79 Å². The molecule has 0 aliphatic heterocycles. The molecule has 6 heteroatoms. The van der Waals surface area contributed by atoms with Gasteiger partial charge in [-0.2, -0.15) is 4.68 Å². The fourth-order valence-electron chi connectivity index (χ4n) is 3.51. The summed E-state index contributed by atoms with van der Waals surface area (Å²) >= 11 is 0. The molecule has 6 nitrogen and oxygen atoms in total. The van der Waals surface area contributed by atoms with Crippen molar-refractivity contribution in [3.8, 4) is 11.7 Å². The minimum absolute atomic E-state index is 0.0699. The van der Waals surface area contributed by atoms with E-state index in [0.717, 1.165) is 4.68 Å². The fourth-order valence-corrected chi connectivity index (χ4v) is 3.51. The Morgan fingerprint density at radius 3 is 2.58 bits per heavy atom. The largest absolute Gasteiger partial charge is 0.459 e. The number of benzene rings is 1. The summed E-state index contributed by atoms with van der Waals surface area (Å²) in [4.78, 5) is 24.4. The van der Waals surface area contributed by atoms with Crippen LogP contribution < -0.4 is 5.76 Å². The molecular weight excluding hydrogens is 332 g/mol. The Balaban J connectivity index is 1.47. The molecule has 1 fully saturated rings. The molecule has 1 aliphatic carbocycles. The zero-order chi connectivity index (χ0) is 17.9. The second-order valence-electron chi connectivity index (χ2n) is 6.69. The number of Topliss-reactive ketones (excluding diaryl/α,β-unsaturated/α-hetero) is 1. The van der Waals surface area contributed by atoms with Crippen LogP contribution >= 0.6 is 0 Å². The topological polar surface area (TPSA) is 78.2 Å². The summed E-state index contributed by atoms with van der Waals surface area (Å²) in [5.74, 6) is 0.165. The predicted molar refractivity (Wildman–Crippen MR) is 95.1 cm³/mol. The van der Waals surface area contributed by atoms with Crippen molar-refractivity contribution in [2.75, 3.05) is 0 Å². The quantitative estimate of drug-likeness (QED) is 0.648. The number of rotatable bonds is 5. The highest BCUT2D eigenvalue weighted by Crippen LogP contribution is 2.32. The first-order chi connectivity index (χ1) is 12.7. The van der Waals surface area contributed by atoms with Crippen molar-refractivity contribution in [3.63, 3.8) is 0 Å². The van der Waals surface area contributed by atoms with Crippen LogP contribution in [0.25, 0.3) is 11.7 Å². The van der Waals surface area contributed by atoms with E-state index in [-0.39, 0.29) is 18.2 Å². The maximum absolute atomic E-state index is 12.5. The van der Waals surface area contributed by atoms with Crippen LogP contribution in [-0.2, 0) is 6.54 Å². The van der Waals surface area contributed by atoms with Gasteiger partial charge in [0.2, 0.25) is 0 Å². The number of nitrogens with zero attached hydrogens (tertiary/aromatic N) is 2. The lowest BCUT2D eigenvalue weighted by atomic mass is 9.84. The summed E-state index contributed by atoms with van der Waals surface area (Å²) in [5.41, 5.74) is 1.86. The monoisotopic (exact) mass is 352 g/mol. The number of ketones is 1. The Labute approximate surface area is 150 Å². The summed E-state index contributed by atoms with van der Waals surface area (Å²) < 4.78 is 11.2. The van der Waals surface area contributed by atoms with Crippen molar-refractivity contribution < 1.29 is 13.6 Å². The molecule has 4 rings (SSSR count). The molecular formula is C20H20N2O4. The molecule has 2 aromatic heterocycles. The predicted octanol–water partition coefficient (Wildman–Crippen LogP) is 4.03. The molecule has 0 amide bonds. The Bertz CT molecular complexity index is 929. The third kappa shape index (κ3) is 3.40. The van der Waals surface area contributed by atoms with E-state index in [1.165, 1.54) is 43.9 Å². The van der Waals surface area contributed by atoms with Crippen LogP contribution in [0.15, 0.2) is 56.3 Å². The zero-order valence-electron chi connectivity index (χ0n) is 14.4. The molecule has 0 saturated heterocycles. The van der Waals surface area contributed by atoms with Crippen LogP contribution in [0.3, 0.4) is 0 Å². The van der Waals surface area contributed by atoms with Gasteiger partial charge in [0.15, 0.2) is 11.5 Å². The molecule has 0 unspecified atom stereocenters. The van der Waals surface area contributed by atoms with Crippen LogP contribution in [0.2, 0.25) is 0 Å². The van der Waals surface area contributed by atoms with Gasteiger partial charge in [-0.05, 0) is 36.5 Å². The van der Waals surface area contributed by atoms with E-state index in [1.54, 1.807) is 12.1 Å². The van der Waals surface area contributed by atoms with Gasteiger partial charge < -0.3 is 8.83 Å². The van der Waals surface area contributed by atoms with Crippen molar-refractivity contribution in [2.45, 2.75) is 44.6 Å². The van der Waals surface area contributed by atoms with Gasteiger partial charge in [0.05, 0.1) is 6.26 Å². The van der Waals surface area contributed by atoms with Gasteiger partial charge in [-0.25, -0.2) is 4.79 Å². The van der Waals surface area contributed by atoms with Gasteiger partial charge in [-0.15, -0.1) is 5.10 Å². The van der Waals surface area contributed by atoms with E-state index in [0.29, 0.717) is 17.2 Å². The maximum atomic E-state index is 12.5. The summed E-state index contributed by atoms with van der Waals surface area (Å²) in [7, 11) is 0. The van der Waals surface area contributed by atoms with Gasteiger partial charge in [0, 0.05) is 5.56 Å². The third-order valence-electron chi connectivity index (χ3n) is 4.94. The number of furan rings is 1. The van der Waals surface area contributed by atoms with Crippen LogP contribution in [0, 0.1) is 0 Å². The lowest BCUT2D eigenvalue weighted by Gasteiger charge is -2.22. The second kappa shape index (κ2) is 7.15. The Morgan fingerprint density at radius 1 is 1.12 bits per heavy atom. The smallest absolute Gasteiger partial charge is 0.437 e. The highest BCUT2D eigenvalue weighted by Gasteiger charge is 2.18. The van der Waals surface area contributed by atoms with Crippen molar-refractivity contribution in [3.05, 3.63) is 64.3 Å². The molecule has 0 radical (unpaired) electrons. The Hall–Kier alpha value is -2.89. The van der Waals surface area contributed by atoms with E-state index >= 15 is 0 Å². The number of aromatic nitrogens is 2. The standard InChI is InChI=1S/C20H20N2O4/c23-17(13-22-20(24)26-19(21-22)18-7-4-12-25-18)16-10-8-15(9-11-16)14-5-2-1-3-6-14/h4,7-12,14H,1-3,5-6,13H2. The van der Waals surface area contributed by atoms with Crippen LogP contribution in [-0.4, -0.2) is 15.6 Å². The molecule has 1 aromatic carbocycles. The van der Waals surface area contributed by atoms with Crippen LogP contribution in [0.4, 0.5) is 0 Å². The number of hydrogen-bond acceptors (Lipinski definition) is 5. The number of hydrogen-bond donors (Lipinski definition) is 0. The Morgan fingerprint density at radius 2 is 1.88 bits per heavy atom. The van der Waals surface area contributed by atoms with E-state index in [4.69, 9.17) is 8.83 Å². The van der Waals surface area contributed by atoms with Gasteiger partial charge in [-0.1, -0.05) is 43.5 Å². The molecule has 1 saturated carbocycles. The summed E-state index contributed by atoms with van der Waals surface area (Å²) in [6.45, 7) is -0.161. The number of carbonyl (C=O) groups excluding carboxylic acids is 1. The van der Waals surface area contributed by atoms with Crippen molar-refractivity contribution in [1.82, 2.24) is 9.78 Å². The molecule has 134 valence electrons. The Kier molecular flexibility index (Phi) is 4.56. The average Bonchev–Trinajstić information content (AvgIpc) is 3.33. The fraction of sp³-hybridized carbons (Fsp3) is 0.350. The summed E-state index contributed by atoms with van der Waals surface area (Å²) in [6, 6.07) is 11.1. The van der Waals surface area contributed by atoms with E-state index < -0.39 is 5.76 Å². The molecule has 2 heterocycles. The van der Waals surface area contributed by atoms with Gasteiger partial charge in [0.1, 0.15) is 6.54 Å². The van der Waals surface area contributed by atoms with Crippen molar-refractivity contribution in [1.29, 1.82) is 0 Å². The highest BCUT2D eigenvalue weighted by atomic mass is 16.4. The lowest BCUT2D eigenvalue weighted by Crippen LogP contribution is -2.21. The molecule has 0 spiro atoms. The normalized spacial score (nSPS) is 15.2. The summed E-state index contributed by atoms with van der Waals surface area (Å²) in [5, 5.41) is 4.03. The number of carbonyl (C=O) groups is 1. The van der Waals surface area contributed by atoms with Gasteiger partial charge in [0.25, 0.3) is 5.89 Å². The zero-order valence-corrected chi connectivity index (χ0v) is 14.4. The van der Waals surface area contributed by atoms with Crippen LogP contribution in [0.1, 0.15) is 53.9 Å². The second-order valence-corrected chi connectivity index (χ2v) is 6.69. The minimum Gasteiger partial charge on any atom is -0.459 e. The molecule has 26 heavy (non-hydrogen) atoms. The highest BCUT2D eigenvalue weighted by molar-refractivity contribution is 5.95. The van der Waals surface area contributed by atoms with E-state index in [2.05, 4.69) is 5.10 Å². The van der Waals surface area contributed by atoms with E-state index in [1.807, 2.05) is 24.3 Å². The average molecular weight is 352 g/mol. The summed E-state index contributed by atoms with van der Waals surface area (Å²) in [6.07, 6.45) is 7.78. The first-order valence-electron chi connectivity index (χ1n) is 8.96.